The smallest absolute Gasteiger partial charge is 0.475 e. The molecule has 0 spiro atoms. The Bertz CT molecular complexity index is 949. The summed E-state index contributed by atoms with van der Waals surface area (Å²) in [7, 11) is -1.68. The van der Waals surface area contributed by atoms with Crippen LogP contribution in [0.2, 0.25) is 0 Å². The van der Waals surface area contributed by atoms with Crippen molar-refractivity contribution in [3.8, 4) is 17.0 Å². The highest BCUT2D eigenvalue weighted by atomic mass is 16.5. The van der Waals surface area contributed by atoms with Gasteiger partial charge in [0.05, 0.1) is 25.3 Å². The Morgan fingerprint density at radius 2 is 2.00 bits per heavy atom. The Hall–Kier alpha value is -3.17. The molecule has 0 aliphatic rings. The molecule has 2 aromatic carbocycles. The number of nitrogens with one attached hydrogen (secondary N) is 1. The van der Waals surface area contributed by atoms with E-state index in [1.54, 1.807) is 10.9 Å². The number of hydrogen-bond acceptors (Lipinski definition) is 6. The molecule has 0 fully saturated rings. The molecule has 30 heavy (non-hydrogen) atoms. The van der Waals surface area contributed by atoms with E-state index in [0.717, 1.165) is 16.8 Å². The number of carbonyl (C=O) groups is 1. The highest BCUT2D eigenvalue weighted by Gasteiger charge is 2.25. The predicted octanol–water partition coefficient (Wildman–Crippen LogP) is 1.47. The molecule has 0 saturated carbocycles. The van der Waals surface area contributed by atoms with Crippen LogP contribution in [0.1, 0.15) is 18.9 Å². The largest absolute Gasteiger partial charge is 0.494 e. The second kappa shape index (κ2) is 10.6. The summed E-state index contributed by atoms with van der Waals surface area (Å²) >= 11 is 0. The maximum Gasteiger partial charge on any atom is 0.475 e. The zero-order valence-electron chi connectivity index (χ0n) is 16.8. The fourth-order valence-electron chi connectivity index (χ4n) is 3.06. The molecule has 1 atom stereocenters. The van der Waals surface area contributed by atoms with Gasteiger partial charge < -0.3 is 20.1 Å². The number of nitrogens with zero attached hydrogens (tertiary/aromatic N) is 3. The molecule has 0 bridgehead atoms. The van der Waals surface area contributed by atoms with Gasteiger partial charge in [-0.15, -0.1) is 5.10 Å². The molecule has 1 unspecified atom stereocenters. The van der Waals surface area contributed by atoms with Crippen LogP contribution in [0.4, 0.5) is 0 Å². The van der Waals surface area contributed by atoms with Gasteiger partial charge in [0, 0.05) is 12.0 Å². The van der Waals surface area contributed by atoms with Crippen molar-refractivity contribution in [2.75, 3.05) is 6.61 Å². The van der Waals surface area contributed by atoms with Crippen molar-refractivity contribution in [1.29, 1.82) is 0 Å². The Labute approximate surface area is 175 Å². The van der Waals surface area contributed by atoms with Crippen molar-refractivity contribution in [2.24, 2.45) is 0 Å². The maximum atomic E-state index is 12.3. The fourth-order valence-corrected chi connectivity index (χ4v) is 3.06. The Kier molecular flexibility index (Phi) is 7.59. The number of hydrogen-bond donors (Lipinski definition) is 3. The number of rotatable bonds is 10. The minimum atomic E-state index is -1.68. The molecular weight excluding hydrogens is 383 g/mol. The second-order valence-electron chi connectivity index (χ2n) is 6.86. The van der Waals surface area contributed by atoms with E-state index < -0.39 is 13.1 Å². The van der Waals surface area contributed by atoms with Crippen LogP contribution in [-0.2, 0) is 17.8 Å². The minimum absolute atomic E-state index is 0.139. The fraction of sp³-hybridized carbons (Fsp3) is 0.286. The molecule has 0 radical (unpaired) electrons. The predicted molar refractivity (Wildman–Crippen MR) is 114 cm³/mol. The second-order valence-corrected chi connectivity index (χ2v) is 6.86. The number of benzene rings is 2. The van der Waals surface area contributed by atoms with E-state index in [-0.39, 0.29) is 18.7 Å². The Balaban J connectivity index is 1.54. The van der Waals surface area contributed by atoms with Gasteiger partial charge in [0.15, 0.2) is 0 Å². The molecule has 3 aromatic rings. The van der Waals surface area contributed by atoms with Gasteiger partial charge in [-0.1, -0.05) is 47.7 Å². The van der Waals surface area contributed by atoms with Gasteiger partial charge in [0.25, 0.3) is 0 Å². The third-order valence-electron chi connectivity index (χ3n) is 4.55. The lowest BCUT2D eigenvalue weighted by atomic mass is 9.76. The summed E-state index contributed by atoms with van der Waals surface area (Å²) in [5.41, 5.74) is 2.52. The van der Waals surface area contributed by atoms with Gasteiger partial charge in [-0.2, -0.15) is 0 Å². The number of aryl methyl sites for hydroxylation is 1. The van der Waals surface area contributed by atoms with Crippen molar-refractivity contribution in [3.05, 3.63) is 66.4 Å². The van der Waals surface area contributed by atoms with Gasteiger partial charge in [-0.3, -0.25) is 9.48 Å². The summed E-state index contributed by atoms with van der Waals surface area (Å²) in [5.74, 6) is -0.427. The Morgan fingerprint density at radius 1 is 1.20 bits per heavy atom. The van der Waals surface area contributed by atoms with Gasteiger partial charge in [-0.05, 0) is 31.0 Å². The lowest BCUT2D eigenvalue weighted by molar-refractivity contribution is -0.121. The summed E-state index contributed by atoms with van der Waals surface area (Å²) < 4.78 is 7.06. The molecule has 1 heterocycles. The van der Waals surface area contributed by atoms with Crippen LogP contribution in [0.25, 0.3) is 11.3 Å². The van der Waals surface area contributed by atoms with E-state index >= 15 is 0 Å². The van der Waals surface area contributed by atoms with Crippen LogP contribution < -0.4 is 10.1 Å². The average molecular weight is 408 g/mol. The van der Waals surface area contributed by atoms with E-state index in [2.05, 4.69) is 15.6 Å². The summed E-state index contributed by atoms with van der Waals surface area (Å²) in [5, 5.41) is 30.2. The van der Waals surface area contributed by atoms with Crippen molar-refractivity contribution < 1.29 is 19.6 Å². The quantitative estimate of drug-likeness (QED) is 0.439. The lowest BCUT2D eigenvalue weighted by Gasteiger charge is -2.18. The van der Waals surface area contributed by atoms with Crippen molar-refractivity contribution in [1.82, 2.24) is 20.3 Å². The van der Waals surface area contributed by atoms with Crippen LogP contribution in [0, 0.1) is 0 Å². The molecule has 3 N–H and O–H groups in total. The molecular formula is C21H25BN4O4. The molecule has 0 aliphatic heterocycles. The third-order valence-corrected chi connectivity index (χ3v) is 4.55. The van der Waals surface area contributed by atoms with Gasteiger partial charge in [0.2, 0.25) is 5.91 Å². The van der Waals surface area contributed by atoms with E-state index in [1.165, 1.54) is 0 Å². The van der Waals surface area contributed by atoms with Crippen molar-refractivity contribution >= 4 is 13.0 Å². The molecule has 3 rings (SSSR count). The van der Waals surface area contributed by atoms with E-state index in [4.69, 9.17) is 4.74 Å². The van der Waals surface area contributed by atoms with Crippen LogP contribution in [0.15, 0.2) is 60.8 Å². The molecule has 0 saturated heterocycles. The number of carbonyl (C=O) groups excluding carboxylic acids is 1. The molecule has 1 aromatic heterocycles. The first kappa shape index (κ1) is 21.5. The van der Waals surface area contributed by atoms with Gasteiger partial charge in [-0.25, -0.2) is 0 Å². The van der Waals surface area contributed by atoms with Crippen LogP contribution in [-0.4, -0.2) is 50.6 Å². The van der Waals surface area contributed by atoms with E-state index in [9.17, 15) is 14.8 Å². The monoisotopic (exact) mass is 408 g/mol. The summed E-state index contributed by atoms with van der Waals surface area (Å²) in [6, 6.07) is 17.0. The zero-order chi connectivity index (χ0) is 21.3. The number of aromatic nitrogens is 3. The molecule has 8 nitrogen and oxygen atoms in total. The maximum absolute atomic E-state index is 12.3. The minimum Gasteiger partial charge on any atom is -0.494 e. The summed E-state index contributed by atoms with van der Waals surface area (Å²) in [6.45, 7) is 2.77. The van der Waals surface area contributed by atoms with E-state index in [0.29, 0.717) is 18.9 Å². The zero-order valence-corrected chi connectivity index (χ0v) is 16.8. The normalized spacial score (nSPS) is 11.7. The van der Waals surface area contributed by atoms with Crippen molar-refractivity contribution in [3.63, 3.8) is 0 Å². The SMILES string of the molecule is CCOc1cccc(CC(NC(=O)CCn2cc(-c3ccccc3)nn2)B(O)O)c1. The van der Waals surface area contributed by atoms with Crippen LogP contribution >= 0.6 is 0 Å². The average Bonchev–Trinajstić information content (AvgIpc) is 3.22. The number of amides is 1. The number of ether oxygens (including phenoxy) is 1. The van der Waals surface area contributed by atoms with Gasteiger partial charge >= 0.3 is 7.12 Å². The molecule has 0 aliphatic carbocycles. The first-order chi connectivity index (χ1) is 14.5. The summed E-state index contributed by atoms with van der Waals surface area (Å²) in [4.78, 5) is 12.3. The molecule has 9 heteroatoms. The molecule has 156 valence electrons. The van der Waals surface area contributed by atoms with Crippen molar-refractivity contribution in [2.45, 2.75) is 32.3 Å². The third kappa shape index (κ3) is 6.17. The highest BCUT2D eigenvalue weighted by Crippen LogP contribution is 2.16. The van der Waals surface area contributed by atoms with E-state index in [1.807, 2.05) is 61.5 Å². The lowest BCUT2D eigenvalue weighted by Crippen LogP contribution is -2.48. The Morgan fingerprint density at radius 3 is 2.73 bits per heavy atom. The topological polar surface area (TPSA) is 110 Å². The van der Waals surface area contributed by atoms with Crippen LogP contribution in [0.3, 0.4) is 0 Å². The highest BCUT2D eigenvalue weighted by molar-refractivity contribution is 6.43. The first-order valence-electron chi connectivity index (χ1n) is 9.88. The van der Waals surface area contributed by atoms with Gasteiger partial charge in [0.1, 0.15) is 11.4 Å². The first-order valence-corrected chi connectivity index (χ1v) is 9.88. The molecule has 1 amide bonds. The van der Waals surface area contributed by atoms with Crippen LogP contribution in [0.5, 0.6) is 5.75 Å². The summed E-state index contributed by atoms with van der Waals surface area (Å²) in [6.07, 6.45) is 2.19. The standard InChI is InChI=1S/C21H25BN4O4/c1-2-30-18-10-6-7-16(13-18)14-20(22(28)29)23-21(27)11-12-26-15-19(24-25-26)17-8-4-3-5-9-17/h3-10,13,15,20,28-29H,2,11-12,14H2,1H3,(H,23,27).